The van der Waals surface area contributed by atoms with Crippen molar-refractivity contribution in [3.05, 3.63) is 106 Å². The van der Waals surface area contributed by atoms with Crippen LogP contribution in [0.15, 0.2) is 78.4 Å². The maximum absolute atomic E-state index is 13.4. The molecule has 6 heteroatoms. The van der Waals surface area contributed by atoms with E-state index in [-0.39, 0.29) is 22.3 Å². The molecule has 1 N–H and O–H groups in total. The number of hydrogen-bond acceptors (Lipinski definition) is 4. The van der Waals surface area contributed by atoms with Crippen LogP contribution in [0.5, 0.6) is 0 Å². The molecule has 0 bridgehead atoms. The molecule has 1 atom stereocenters. The van der Waals surface area contributed by atoms with Gasteiger partial charge in [0.05, 0.1) is 23.2 Å². The largest absolute Gasteiger partial charge is 0.507 e. The monoisotopic (exact) mass is 454 g/mol. The Labute approximate surface area is 197 Å². The molecule has 0 aromatic heterocycles. The number of nitriles is 1. The van der Waals surface area contributed by atoms with Crippen LogP contribution in [0.2, 0.25) is 0 Å². The highest BCUT2D eigenvalue weighted by molar-refractivity contribution is 6.51. The molecule has 0 spiro atoms. The standard InChI is InChI=1S/C28H23FN2O3/c1-28(2,3)20-10-6-18(7-11-20)24-23(25(32)19-8-12-21(29)13-9-19)26(33)27(34)31(24)22-14-4-17(16-30)5-15-22/h4-15,24,32H,1-3H3/b25-23-. The molecule has 1 aliphatic rings. The highest BCUT2D eigenvalue weighted by Gasteiger charge is 2.47. The van der Waals surface area contributed by atoms with E-state index in [4.69, 9.17) is 5.26 Å². The third-order valence-electron chi connectivity index (χ3n) is 5.93. The number of Topliss-reactive ketones (excluding diaryl/α,β-unsaturated/α-hetero) is 1. The van der Waals surface area contributed by atoms with Crippen molar-refractivity contribution in [1.82, 2.24) is 0 Å². The van der Waals surface area contributed by atoms with Crippen molar-refractivity contribution in [2.75, 3.05) is 4.90 Å². The fraction of sp³-hybridized carbons (Fsp3) is 0.179. The molecule has 1 aliphatic heterocycles. The smallest absolute Gasteiger partial charge is 0.300 e. The number of hydrogen-bond donors (Lipinski definition) is 1. The lowest BCUT2D eigenvalue weighted by Gasteiger charge is -2.26. The first-order chi connectivity index (χ1) is 16.1. The van der Waals surface area contributed by atoms with Gasteiger partial charge in [0.2, 0.25) is 0 Å². The number of ketones is 1. The summed E-state index contributed by atoms with van der Waals surface area (Å²) in [6.07, 6.45) is 0. The topological polar surface area (TPSA) is 81.4 Å². The van der Waals surface area contributed by atoms with Gasteiger partial charge in [0.15, 0.2) is 0 Å². The summed E-state index contributed by atoms with van der Waals surface area (Å²) < 4.78 is 13.4. The van der Waals surface area contributed by atoms with Gasteiger partial charge in [-0.3, -0.25) is 14.5 Å². The summed E-state index contributed by atoms with van der Waals surface area (Å²) in [7, 11) is 0. The normalized spacial score (nSPS) is 17.6. The number of carbonyl (C=O) groups excluding carboxylic acids is 2. The van der Waals surface area contributed by atoms with Gasteiger partial charge in [-0.05, 0) is 65.1 Å². The summed E-state index contributed by atoms with van der Waals surface area (Å²) in [5.74, 6) is -2.49. The van der Waals surface area contributed by atoms with Gasteiger partial charge in [-0.25, -0.2) is 4.39 Å². The first-order valence-corrected chi connectivity index (χ1v) is 10.8. The number of aliphatic hydroxyl groups excluding tert-OH is 1. The Morgan fingerprint density at radius 3 is 2.06 bits per heavy atom. The molecule has 0 aliphatic carbocycles. The molecule has 34 heavy (non-hydrogen) atoms. The van der Waals surface area contributed by atoms with Crippen molar-refractivity contribution in [2.45, 2.75) is 32.2 Å². The van der Waals surface area contributed by atoms with Crippen LogP contribution in [-0.4, -0.2) is 16.8 Å². The predicted molar refractivity (Wildman–Crippen MR) is 127 cm³/mol. The summed E-state index contributed by atoms with van der Waals surface area (Å²) in [4.78, 5) is 27.7. The number of anilines is 1. The van der Waals surface area contributed by atoms with E-state index in [1.807, 2.05) is 30.3 Å². The number of rotatable bonds is 3. The number of carbonyl (C=O) groups is 2. The third-order valence-corrected chi connectivity index (χ3v) is 5.93. The first kappa shape index (κ1) is 22.9. The minimum atomic E-state index is -0.896. The molecule has 3 aromatic carbocycles. The van der Waals surface area contributed by atoms with E-state index in [9.17, 15) is 19.1 Å². The second-order valence-corrected chi connectivity index (χ2v) is 9.21. The van der Waals surface area contributed by atoms with Crippen LogP contribution in [0.4, 0.5) is 10.1 Å². The molecule has 4 rings (SSSR count). The van der Waals surface area contributed by atoms with Crippen molar-refractivity contribution < 1.29 is 19.1 Å². The van der Waals surface area contributed by atoms with E-state index in [0.717, 1.165) is 5.56 Å². The summed E-state index contributed by atoms with van der Waals surface area (Å²) in [6, 6.07) is 20.1. The van der Waals surface area contributed by atoms with E-state index in [1.165, 1.54) is 29.2 Å². The van der Waals surface area contributed by atoms with Crippen molar-refractivity contribution in [3.63, 3.8) is 0 Å². The van der Waals surface area contributed by atoms with Gasteiger partial charge in [-0.1, -0.05) is 45.0 Å². The fourth-order valence-electron chi connectivity index (χ4n) is 4.04. The van der Waals surface area contributed by atoms with Crippen LogP contribution < -0.4 is 4.90 Å². The van der Waals surface area contributed by atoms with Gasteiger partial charge in [0.1, 0.15) is 11.6 Å². The van der Waals surface area contributed by atoms with Gasteiger partial charge in [-0.2, -0.15) is 5.26 Å². The fourth-order valence-corrected chi connectivity index (χ4v) is 4.04. The predicted octanol–water partition coefficient (Wildman–Crippen LogP) is 5.62. The maximum atomic E-state index is 13.4. The van der Waals surface area contributed by atoms with Gasteiger partial charge in [-0.15, -0.1) is 0 Å². The lowest BCUT2D eigenvalue weighted by Crippen LogP contribution is -2.29. The average molecular weight is 455 g/mol. The molecule has 0 saturated carbocycles. The second kappa shape index (κ2) is 8.60. The van der Waals surface area contributed by atoms with Crippen molar-refractivity contribution in [2.24, 2.45) is 0 Å². The van der Waals surface area contributed by atoms with Crippen LogP contribution >= 0.6 is 0 Å². The third kappa shape index (κ3) is 4.08. The van der Waals surface area contributed by atoms with Crippen molar-refractivity contribution >= 4 is 23.1 Å². The Morgan fingerprint density at radius 2 is 1.53 bits per heavy atom. The SMILES string of the molecule is CC(C)(C)c1ccc(C2/C(=C(/O)c3ccc(F)cc3)C(=O)C(=O)N2c2ccc(C#N)cc2)cc1. The van der Waals surface area contributed by atoms with Crippen molar-refractivity contribution in [1.29, 1.82) is 5.26 Å². The molecule has 1 fully saturated rings. The Hall–Kier alpha value is -4.24. The van der Waals surface area contributed by atoms with Crippen LogP contribution in [0.3, 0.4) is 0 Å². The number of halogens is 1. The van der Waals surface area contributed by atoms with E-state index < -0.39 is 23.5 Å². The molecule has 0 radical (unpaired) electrons. The minimum absolute atomic E-state index is 0.0792. The lowest BCUT2D eigenvalue weighted by molar-refractivity contribution is -0.132. The second-order valence-electron chi connectivity index (χ2n) is 9.21. The summed E-state index contributed by atoms with van der Waals surface area (Å²) in [6.45, 7) is 6.25. The van der Waals surface area contributed by atoms with Crippen molar-refractivity contribution in [3.8, 4) is 6.07 Å². The van der Waals surface area contributed by atoms with Gasteiger partial charge < -0.3 is 5.11 Å². The number of amides is 1. The first-order valence-electron chi connectivity index (χ1n) is 10.8. The molecule has 1 saturated heterocycles. The molecule has 170 valence electrons. The lowest BCUT2D eigenvalue weighted by atomic mass is 9.85. The van der Waals surface area contributed by atoms with E-state index in [2.05, 4.69) is 20.8 Å². The zero-order chi connectivity index (χ0) is 24.6. The highest BCUT2D eigenvalue weighted by atomic mass is 19.1. The Kier molecular flexibility index (Phi) is 5.80. The average Bonchev–Trinajstić information content (AvgIpc) is 3.09. The molecule has 1 heterocycles. The Bertz CT molecular complexity index is 1330. The molecule has 1 unspecified atom stereocenters. The summed E-state index contributed by atoms with van der Waals surface area (Å²) in [5.41, 5.74) is 2.61. The zero-order valence-electron chi connectivity index (χ0n) is 19.0. The highest BCUT2D eigenvalue weighted by Crippen LogP contribution is 2.42. The van der Waals surface area contributed by atoms with E-state index in [1.54, 1.807) is 24.3 Å². The van der Waals surface area contributed by atoms with Gasteiger partial charge >= 0.3 is 0 Å². The molecule has 3 aromatic rings. The van der Waals surface area contributed by atoms with Crippen LogP contribution in [0.1, 0.15) is 49.1 Å². The van der Waals surface area contributed by atoms with E-state index in [0.29, 0.717) is 16.8 Å². The number of aliphatic hydroxyl groups is 1. The quantitative estimate of drug-likeness (QED) is 0.316. The Balaban J connectivity index is 1.91. The van der Waals surface area contributed by atoms with Gasteiger partial charge in [0, 0.05) is 11.3 Å². The van der Waals surface area contributed by atoms with Crippen LogP contribution in [0, 0.1) is 17.1 Å². The molecular weight excluding hydrogens is 431 g/mol. The summed E-state index contributed by atoms with van der Waals surface area (Å²) >= 11 is 0. The number of benzene rings is 3. The maximum Gasteiger partial charge on any atom is 0.300 e. The number of nitrogens with zero attached hydrogens (tertiary/aromatic N) is 2. The molecule has 1 amide bonds. The zero-order valence-corrected chi connectivity index (χ0v) is 19.0. The Morgan fingerprint density at radius 1 is 0.941 bits per heavy atom. The molecule has 5 nitrogen and oxygen atoms in total. The molecular formula is C28H23FN2O3. The van der Waals surface area contributed by atoms with E-state index >= 15 is 0 Å². The summed E-state index contributed by atoms with van der Waals surface area (Å²) in [5, 5.41) is 20.2. The van der Waals surface area contributed by atoms with Gasteiger partial charge in [0.25, 0.3) is 11.7 Å². The minimum Gasteiger partial charge on any atom is -0.507 e. The van der Waals surface area contributed by atoms with Crippen LogP contribution in [0.25, 0.3) is 5.76 Å². The van der Waals surface area contributed by atoms with Crippen LogP contribution in [-0.2, 0) is 15.0 Å².